The summed E-state index contributed by atoms with van der Waals surface area (Å²) in [4.78, 5) is 0.0528. The van der Waals surface area contributed by atoms with Crippen molar-refractivity contribution in [3.63, 3.8) is 0 Å². The molecule has 0 aliphatic carbocycles. The van der Waals surface area contributed by atoms with E-state index in [0.717, 1.165) is 8.04 Å². The van der Waals surface area contributed by atoms with Gasteiger partial charge in [-0.25, -0.2) is 8.42 Å². The van der Waals surface area contributed by atoms with E-state index in [-0.39, 0.29) is 9.92 Å². The second-order valence-electron chi connectivity index (χ2n) is 3.66. The average molecular weight is 473 g/mol. The maximum Gasteiger partial charge on any atom is 0.263 e. The van der Waals surface area contributed by atoms with Crippen LogP contribution in [0.5, 0.6) is 0 Å². The van der Waals surface area contributed by atoms with Crippen molar-refractivity contribution < 1.29 is 8.42 Å². The molecule has 0 saturated carbocycles. The van der Waals surface area contributed by atoms with Gasteiger partial charge in [-0.2, -0.15) is 0 Å². The fraction of sp³-hybridized carbons (Fsp3) is 0. The van der Waals surface area contributed by atoms with Crippen LogP contribution in [0, 0.1) is 3.57 Å². The SMILES string of the molecule is O=S(=O)(Nc1ccccc1I)c1ccc(Br)cc1Cl. The molecule has 2 rings (SSSR count). The number of anilines is 1. The Balaban J connectivity index is 2.41. The lowest BCUT2D eigenvalue weighted by Crippen LogP contribution is -2.14. The van der Waals surface area contributed by atoms with E-state index in [1.807, 2.05) is 12.1 Å². The molecular formula is C12H8BrClINO2S. The summed E-state index contributed by atoms with van der Waals surface area (Å²) in [7, 11) is -3.69. The molecule has 0 bridgehead atoms. The number of halogens is 3. The summed E-state index contributed by atoms with van der Waals surface area (Å²) in [5, 5.41) is 0.174. The molecule has 0 fully saturated rings. The predicted octanol–water partition coefficient (Wildman–Crippen LogP) is 4.51. The van der Waals surface area contributed by atoms with Crippen LogP contribution in [0.2, 0.25) is 5.02 Å². The maximum absolute atomic E-state index is 12.3. The van der Waals surface area contributed by atoms with Crippen LogP contribution < -0.4 is 4.72 Å². The Hall–Kier alpha value is -0.310. The van der Waals surface area contributed by atoms with E-state index in [1.54, 1.807) is 24.3 Å². The molecule has 2 aromatic carbocycles. The molecule has 0 saturated heterocycles. The fourth-order valence-electron chi connectivity index (χ4n) is 1.44. The van der Waals surface area contributed by atoms with Gasteiger partial charge in [-0.1, -0.05) is 39.7 Å². The quantitative estimate of drug-likeness (QED) is 0.669. The number of para-hydroxylation sites is 1. The summed E-state index contributed by atoms with van der Waals surface area (Å²) in [6.45, 7) is 0. The Morgan fingerprint density at radius 1 is 1.16 bits per heavy atom. The van der Waals surface area contributed by atoms with Crippen LogP contribution >= 0.6 is 50.1 Å². The van der Waals surface area contributed by atoms with E-state index >= 15 is 0 Å². The molecule has 0 radical (unpaired) electrons. The van der Waals surface area contributed by atoms with Gasteiger partial charge in [0.05, 0.1) is 10.7 Å². The molecule has 100 valence electrons. The molecule has 0 aliphatic rings. The Kier molecular flexibility index (Phi) is 4.75. The zero-order chi connectivity index (χ0) is 14.0. The summed E-state index contributed by atoms with van der Waals surface area (Å²) >= 11 is 11.3. The number of benzene rings is 2. The summed E-state index contributed by atoms with van der Waals surface area (Å²) in [6, 6.07) is 11.8. The van der Waals surface area contributed by atoms with Gasteiger partial charge in [-0.15, -0.1) is 0 Å². The fourth-order valence-corrected chi connectivity index (χ4v) is 4.26. The first-order valence-corrected chi connectivity index (χ1v) is 8.86. The van der Waals surface area contributed by atoms with E-state index in [2.05, 4.69) is 43.2 Å². The standard InChI is InChI=1S/C12H8BrClINO2S/c13-8-5-6-12(9(14)7-8)19(17,18)16-11-4-2-1-3-10(11)15/h1-7,16H. The molecule has 19 heavy (non-hydrogen) atoms. The second kappa shape index (κ2) is 5.99. The summed E-state index contributed by atoms with van der Waals surface area (Å²) < 4.78 is 28.6. The predicted molar refractivity (Wildman–Crippen MR) is 89.1 cm³/mol. The molecule has 0 heterocycles. The van der Waals surface area contributed by atoms with E-state index < -0.39 is 10.0 Å². The summed E-state index contributed by atoms with van der Waals surface area (Å²) in [5.41, 5.74) is 0.530. The van der Waals surface area contributed by atoms with Gasteiger partial charge in [-0.05, 0) is 52.9 Å². The molecule has 0 aromatic heterocycles. The van der Waals surface area contributed by atoms with Crippen molar-refractivity contribution in [3.8, 4) is 0 Å². The zero-order valence-electron chi connectivity index (χ0n) is 9.40. The summed E-state index contributed by atoms with van der Waals surface area (Å²) in [6.07, 6.45) is 0. The highest BCUT2D eigenvalue weighted by atomic mass is 127. The lowest BCUT2D eigenvalue weighted by atomic mass is 10.3. The van der Waals surface area contributed by atoms with Crippen molar-refractivity contribution in [2.75, 3.05) is 4.72 Å². The van der Waals surface area contributed by atoms with Crippen LogP contribution in [0.15, 0.2) is 51.8 Å². The van der Waals surface area contributed by atoms with Crippen molar-refractivity contribution in [1.29, 1.82) is 0 Å². The van der Waals surface area contributed by atoms with E-state index in [9.17, 15) is 8.42 Å². The molecule has 3 nitrogen and oxygen atoms in total. The third kappa shape index (κ3) is 3.62. The molecule has 0 aliphatic heterocycles. The van der Waals surface area contributed by atoms with Gasteiger partial charge in [0, 0.05) is 8.04 Å². The third-order valence-electron chi connectivity index (χ3n) is 2.30. The van der Waals surface area contributed by atoms with E-state index in [4.69, 9.17) is 11.6 Å². The second-order valence-corrected chi connectivity index (χ2v) is 7.80. The van der Waals surface area contributed by atoms with Crippen LogP contribution in [0.3, 0.4) is 0 Å². The Bertz CT molecular complexity index is 721. The van der Waals surface area contributed by atoms with E-state index in [1.165, 1.54) is 6.07 Å². The maximum atomic E-state index is 12.3. The first-order valence-electron chi connectivity index (χ1n) is 5.12. The van der Waals surface area contributed by atoms with Crippen LogP contribution in [-0.4, -0.2) is 8.42 Å². The molecule has 1 N–H and O–H groups in total. The Morgan fingerprint density at radius 2 is 1.84 bits per heavy atom. The van der Waals surface area contributed by atoms with Gasteiger partial charge in [0.2, 0.25) is 0 Å². The highest BCUT2D eigenvalue weighted by molar-refractivity contribution is 14.1. The highest BCUT2D eigenvalue weighted by Crippen LogP contribution is 2.28. The minimum atomic E-state index is -3.69. The molecule has 2 aromatic rings. The van der Waals surface area contributed by atoms with Crippen LogP contribution in [-0.2, 0) is 10.0 Å². The molecular weight excluding hydrogens is 464 g/mol. The Morgan fingerprint density at radius 3 is 2.47 bits per heavy atom. The average Bonchev–Trinajstić information content (AvgIpc) is 2.31. The molecule has 0 atom stereocenters. The molecule has 0 spiro atoms. The third-order valence-corrected chi connectivity index (χ3v) is 5.58. The minimum Gasteiger partial charge on any atom is -0.279 e. The van der Waals surface area contributed by atoms with E-state index in [0.29, 0.717) is 5.69 Å². The lowest BCUT2D eigenvalue weighted by Gasteiger charge is -2.11. The number of sulfonamides is 1. The number of hydrogen-bond donors (Lipinski definition) is 1. The van der Waals surface area contributed by atoms with Crippen molar-refractivity contribution in [3.05, 3.63) is 55.5 Å². The topological polar surface area (TPSA) is 46.2 Å². The van der Waals surface area contributed by atoms with Crippen molar-refractivity contribution in [2.24, 2.45) is 0 Å². The smallest absolute Gasteiger partial charge is 0.263 e. The van der Waals surface area contributed by atoms with Crippen molar-refractivity contribution >= 4 is 65.8 Å². The zero-order valence-corrected chi connectivity index (χ0v) is 14.7. The Labute approximate surface area is 138 Å². The largest absolute Gasteiger partial charge is 0.279 e. The molecule has 0 amide bonds. The van der Waals surface area contributed by atoms with Crippen LogP contribution in [0.4, 0.5) is 5.69 Å². The number of rotatable bonds is 3. The van der Waals surface area contributed by atoms with Gasteiger partial charge in [0.1, 0.15) is 4.90 Å². The van der Waals surface area contributed by atoms with Crippen LogP contribution in [0.1, 0.15) is 0 Å². The van der Waals surface area contributed by atoms with Crippen LogP contribution in [0.25, 0.3) is 0 Å². The van der Waals surface area contributed by atoms with Gasteiger partial charge in [-0.3, -0.25) is 4.72 Å². The first-order chi connectivity index (χ1) is 8.90. The normalized spacial score (nSPS) is 11.3. The number of hydrogen-bond acceptors (Lipinski definition) is 2. The van der Waals surface area contributed by atoms with Gasteiger partial charge in [0.25, 0.3) is 10.0 Å². The highest BCUT2D eigenvalue weighted by Gasteiger charge is 2.18. The van der Waals surface area contributed by atoms with Crippen molar-refractivity contribution in [1.82, 2.24) is 0 Å². The monoisotopic (exact) mass is 471 g/mol. The van der Waals surface area contributed by atoms with Gasteiger partial charge < -0.3 is 0 Å². The molecule has 7 heteroatoms. The molecule has 0 unspecified atom stereocenters. The summed E-state index contributed by atoms with van der Waals surface area (Å²) in [5.74, 6) is 0. The lowest BCUT2D eigenvalue weighted by molar-refractivity contribution is 0.601. The number of nitrogens with one attached hydrogen (secondary N) is 1. The van der Waals surface area contributed by atoms with Crippen molar-refractivity contribution in [2.45, 2.75) is 4.90 Å². The minimum absolute atomic E-state index is 0.0528. The first kappa shape index (κ1) is 15.1. The van der Waals surface area contributed by atoms with Gasteiger partial charge in [0.15, 0.2) is 0 Å². The van der Waals surface area contributed by atoms with Gasteiger partial charge >= 0.3 is 0 Å².